The number of benzene rings is 1. The van der Waals surface area contributed by atoms with Crippen molar-refractivity contribution in [2.24, 2.45) is 0 Å². The van der Waals surface area contributed by atoms with Crippen molar-refractivity contribution in [3.63, 3.8) is 0 Å². The zero-order valence-electron chi connectivity index (χ0n) is 12.1. The predicted octanol–water partition coefficient (Wildman–Crippen LogP) is 0.913. The maximum absolute atomic E-state index is 11.8. The molecular formula is C13H18N2O5S. The molecule has 0 radical (unpaired) electrons. The van der Waals surface area contributed by atoms with Gasteiger partial charge >= 0.3 is 5.97 Å². The van der Waals surface area contributed by atoms with E-state index in [1.54, 1.807) is 13.0 Å². The summed E-state index contributed by atoms with van der Waals surface area (Å²) in [4.78, 5) is 23.0. The fourth-order valence-electron chi connectivity index (χ4n) is 1.65. The van der Waals surface area contributed by atoms with E-state index < -0.39 is 21.9 Å². The summed E-state index contributed by atoms with van der Waals surface area (Å²) >= 11 is 0. The van der Waals surface area contributed by atoms with Crippen LogP contribution in [0.25, 0.3) is 0 Å². The van der Waals surface area contributed by atoms with Crippen molar-refractivity contribution < 1.29 is 23.1 Å². The summed E-state index contributed by atoms with van der Waals surface area (Å²) in [5, 5.41) is 11.5. The number of hydrogen-bond acceptors (Lipinski definition) is 4. The first-order valence-corrected chi connectivity index (χ1v) is 7.86. The number of anilines is 1. The molecule has 1 aromatic rings. The van der Waals surface area contributed by atoms with Crippen LogP contribution in [0, 0.1) is 6.92 Å². The number of nitrogens with zero attached hydrogens (tertiary/aromatic N) is 1. The lowest BCUT2D eigenvalue weighted by Crippen LogP contribution is -2.36. The Balaban J connectivity index is 2.88. The molecule has 0 aliphatic heterocycles. The molecule has 1 rings (SSSR count). The van der Waals surface area contributed by atoms with Gasteiger partial charge in [-0.05, 0) is 26.0 Å². The van der Waals surface area contributed by atoms with Crippen LogP contribution in [-0.2, 0) is 14.8 Å². The van der Waals surface area contributed by atoms with Gasteiger partial charge < -0.3 is 10.4 Å². The first-order valence-electron chi connectivity index (χ1n) is 6.25. The first kappa shape index (κ1) is 17.1. The number of aryl methyl sites for hydroxylation is 1. The fourth-order valence-corrected chi connectivity index (χ4v) is 2.41. The maximum atomic E-state index is 11.8. The van der Waals surface area contributed by atoms with Crippen LogP contribution in [0.15, 0.2) is 18.2 Å². The fraction of sp³-hybridized carbons (Fsp3) is 0.385. The van der Waals surface area contributed by atoms with Crippen LogP contribution in [0.2, 0.25) is 0 Å². The maximum Gasteiger partial charge on any atom is 0.337 e. The van der Waals surface area contributed by atoms with Gasteiger partial charge in [0.15, 0.2) is 0 Å². The number of carboxylic acids is 1. The van der Waals surface area contributed by atoms with Gasteiger partial charge in [0.2, 0.25) is 15.9 Å². The second-order valence-corrected chi connectivity index (χ2v) is 6.92. The van der Waals surface area contributed by atoms with E-state index in [-0.39, 0.29) is 23.5 Å². The summed E-state index contributed by atoms with van der Waals surface area (Å²) in [5.41, 5.74) is 0.848. The van der Waals surface area contributed by atoms with E-state index in [1.807, 2.05) is 0 Å². The minimum atomic E-state index is -3.46. The van der Waals surface area contributed by atoms with Gasteiger partial charge in [-0.2, -0.15) is 4.31 Å². The van der Waals surface area contributed by atoms with Crippen LogP contribution in [0.4, 0.5) is 5.69 Å². The minimum Gasteiger partial charge on any atom is -0.478 e. The van der Waals surface area contributed by atoms with Crippen molar-refractivity contribution in [2.45, 2.75) is 13.8 Å². The van der Waals surface area contributed by atoms with Gasteiger partial charge in [0.05, 0.1) is 23.5 Å². The standard InChI is InChI=1S/C13H18N2O5S/c1-4-21(19,20)15(3)8-12(16)14-11-6-5-9(2)7-10(11)13(17)18/h5-7H,4,8H2,1-3H3,(H,14,16)(H,17,18). The monoisotopic (exact) mass is 314 g/mol. The Morgan fingerprint density at radius 2 is 1.95 bits per heavy atom. The lowest BCUT2D eigenvalue weighted by atomic mass is 10.1. The molecule has 0 saturated carbocycles. The molecule has 1 aromatic carbocycles. The van der Waals surface area contributed by atoms with Crippen LogP contribution < -0.4 is 5.32 Å². The summed E-state index contributed by atoms with van der Waals surface area (Å²) < 4.78 is 24.0. The molecule has 2 N–H and O–H groups in total. The first-order chi connectivity index (χ1) is 9.67. The Kier molecular flexibility index (Phi) is 5.45. The van der Waals surface area contributed by atoms with Crippen LogP contribution >= 0.6 is 0 Å². The molecule has 0 unspecified atom stereocenters. The molecule has 0 fully saturated rings. The molecule has 0 aromatic heterocycles. The molecular weight excluding hydrogens is 296 g/mol. The van der Waals surface area contributed by atoms with E-state index in [0.717, 1.165) is 9.87 Å². The van der Waals surface area contributed by atoms with Gasteiger partial charge in [-0.3, -0.25) is 4.79 Å². The second kappa shape index (κ2) is 6.68. The highest BCUT2D eigenvalue weighted by Crippen LogP contribution is 2.17. The number of sulfonamides is 1. The number of rotatable bonds is 6. The molecule has 0 spiro atoms. The topological polar surface area (TPSA) is 104 Å². The highest BCUT2D eigenvalue weighted by molar-refractivity contribution is 7.89. The van der Waals surface area contributed by atoms with E-state index >= 15 is 0 Å². The Morgan fingerprint density at radius 3 is 2.48 bits per heavy atom. The summed E-state index contributed by atoms with van der Waals surface area (Å²) in [7, 11) is -2.17. The van der Waals surface area contributed by atoms with Crippen molar-refractivity contribution in [1.29, 1.82) is 0 Å². The SMILES string of the molecule is CCS(=O)(=O)N(C)CC(=O)Nc1ccc(C)cc1C(=O)O. The Morgan fingerprint density at radius 1 is 1.33 bits per heavy atom. The zero-order valence-corrected chi connectivity index (χ0v) is 12.9. The van der Waals surface area contributed by atoms with Gasteiger partial charge in [0, 0.05) is 7.05 Å². The Labute approximate surface area is 123 Å². The van der Waals surface area contributed by atoms with Crippen molar-refractivity contribution in [3.8, 4) is 0 Å². The number of carbonyl (C=O) groups is 2. The third-order valence-corrected chi connectivity index (χ3v) is 4.69. The number of aromatic carboxylic acids is 1. The number of carbonyl (C=O) groups excluding carboxylic acids is 1. The van der Waals surface area contributed by atoms with Crippen LogP contribution in [0.3, 0.4) is 0 Å². The lowest BCUT2D eigenvalue weighted by Gasteiger charge is -2.16. The third-order valence-electron chi connectivity index (χ3n) is 2.89. The average Bonchev–Trinajstić information content (AvgIpc) is 2.40. The largest absolute Gasteiger partial charge is 0.478 e. The van der Waals surface area contributed by atoms with Gasteiger partial charge in [0.1, 0.15) is 0 Å². The highest BCUT2D eigenvalue weighted by Gasteiger charge is 2.19. The van der Waals surface area contributed by atoms with Crippen molar-refractivity contribution in [2.75, 3.05) is 24.7 Å². The number of likely N-dealkylation sites (N-methyl/N-ethyl adjacent to an activating group) is 1. The van der Waals surface area contributed by atoms with E-state index in [2.05, 4.69) is 5.32 Å². The van der Waals surface area contributed by atoms with E-state index in [1.165, 1.54) is 26.1 Å². The van der Waals surface area contributed by atoms with Crippen molar-refractivity contribution in [1.82, 2.24) is 4.31 Å². The second-order valence-electron chi connectivity index (χ2n) is 4.56. The molecule has 0 saturated heterocycles. The molecule has 0 aliphatic rings. The van der Waals surface area contributed by atoms with E-state index in [9.17, 15) is 18.0 Å². The normalized spacial score (nSPS) is 11.4. The third kappa shape index (κ3) is 4.54. The Bertz CT molecular complexity index is 655. The van der Waals surface area contributed by atoms with Crippen LogP contribution in [0.1, 0.15) is 22.8 Å². The zero-order chi connectivity index (χ0) is 16.2. The highest BCUT2D eigenvalue weighted by atomic mass is 32.2. The number of nitrogens with one attached hydrogen (secondary N) is 1. The van der Waals surface area contributed by atoms with Crippen molar-refractivity contribution in [3.05, 3.63) is 29.3 Å². The van der Waals surface area contributed by atoms with Gasteiger partial charge in [-0.1, -0.05) is 11.6 Å². The van der Waals surface area contributed by atoms with Gasteiger partial charge in [0.25, 0.3) is 0 Å². The molecule has 0 heterocycles. The average molecular weight is 314 g/mol. The number of carboxylic acid groups (broad SMARTS) is 1. The summed E-state index contributed by atoms with van der Waals surface area (Å²) in [6.45, 7) is 2.84. The van der Waals surface area contributed by atoms with E-state index in [0.29, 0.717) is 0 Å². The molecule has 21 heavy (non-hydrogen) atoms. The quantitative estimate of drug-likeness (QED) is 0.812. The summed E-state index contributed by atoms with van der Waals surface area (Å²) in [5.74, 6) is -1.87. The van der Waals surface area contributed by atoms with E-state index in [4.69, 9.17) is 5.11 Å². The predicted molar refractivity (Wildman–Crippen MR) is 78.9 cm³/mol. The summed E-state index contributed by atoms with van der Waals surface area (Å²) in [6.07, 6.45) is 0. The molecule has 7 nitrogen and oxygen atoms in total. The van der Waals surface area contributed by atoms with Crippen LogP contribution in [0.5, 0.6) is 0 Å². The summed E-state index contributed by atoms with van der Waals surface area (Å²) in [6, 6.07) is 4.57. The molecule has 0 atom stereocenters. The number of amides is 1. The molecule has 116 valence electrons. The van der Waals surface area contributed by atoms with Crippen LogP contribution in [-0.4, -0.2) is 49.1 Å². The lowest BCUT2D eigenvalue weighted by molar-refractivity contribution is -0.116. The molecule has 0 bridgehead atoms. The minimum absolute atomic E-state index is 0.0376. The molecule has 8 heteroatoms. The van der Waals surface area contributed by atoms with Gasteiger partial charge in [-0.25, -0.2) is 13.2 Å². The Hall–Kier alpha value is -1.93. The molecule has 1 amide bonds. The smallest absolute Gasteiger partial charge is 0.337 e. The van der Waals surface area contributed by atoms with Gasteiger partial charge in [-0.15, -0.1) is 0 Å². The van der Waals surface area contributed by atoms with Crippen molar-refractivity contribution >= 4 is 27.6 Å². The number of hydrogen-bond donors (Lipinski definition) is 2. The molecule has 0 aliphatic carbocycles.